The van der Waals surface area contributed by atoms with E-state index in [4.69, 9.17) is 0 Å². The topological polar surface area (TPSA) is 46.5 Å². The molecule has 0 aromatic heterocycles. The van der Waals surface area contributed by atoms with Crippen LogP contribution >= 0.6 is 7.60 Å². The molecule has 0 radical (unpaired) electrons. The van der Waals surface area contributed by atoms with Gasteiger partial charge in [-0.05, 0) is 24.1 Å². The lowest BCUT2D eigenvalue weighted by atomic mass is 10.2. The first kappa shape index (κ1) is 10.5. The number of benzene rings is 1. The molecule has 72 valence electrons. The average molecular weight is 200 g/mol. The number of aryl methyl sites for hydroxylation is 1. The maximum atomic E-state index is 11.4. The molecule has 0 amide bonds. The Morgan fingerprint density at radius 3 is 2.77 bits per heavy atom. The van der Waals surface area contributed by atoms with E-state index in [0.29, 0.717) is 5.30 Å². The summed E-state index contributed by atoms with van der Waals surface area (Å²) in [6, 6.07) is 6.98. The molecule has 0 spiro atoms. The third-order valence-electron chi connectivity index (χ3n) is 1.89. The molecule has 3 nitrogen and oxygen atoms in total. The van der Waals surface area contributed by atoms with Crippen LogP contribution in [0.3, 0.4) is 0 Å². The van der Waals surface area contributed by atoms with Crippen LogP contribution in [0.1, 0.15) is 12.5 Å². The zero-order chi connectivity index (χ0) is 9.90. The quantitative estimate of drug-likeness (QED) is 0.755. The number of hydrogen-bond acceptors (Lipinski definition) is 2. The Morgan fingerprint density at radius 1 is 1.54 bits per heavy atom. The Kier molecular flexibility index (Phi) is 3.26. The second kappa shape index (κ2) is 4.05. The fraction of sp³-hybridized carbons (Fsp3) is 0.333. The van der Waals surface area contributed by atoms with Crippen LogP contribution in [0.4, 0.5) is 0 Å². The van der Waals surface area contributed by atoms with E-state index in [1.54, 1.807) is 18.2 Å². The van der Waals surface area contributed by atoms with E-state index in [1.807, 2.05) is 13.0 Å². The molecule has 1 atom stereocenters. The summed E-state index contributed by atoms with van der Waals surface area (Å²) < 4.78 is 15.9. The zero-order valence-corrected chi connectivity index (χ0v) is 8.62. The van der Waals surface area contributed by atoms with Crippen molar-refractivity contribution in [2.45, 2.75) is 13.3 Å². The van der Waals surface area contributed by atoms with Crippen LogP contribution in [-0.2, 0) is 15.5 Å². The van der Waals surface area contributed by atoms with Crippen LogP contribution in [0.25, 0.3) is 0 Å². The van der Waals surface area contributed by atoms with Crippen LogP contribution in [0, 0.1) is 0 Å². The molecule has 1 N–H and O–H groups in total. The van der Waals surface area contributed by atoms with E-state index in [0.717, 1.165) is 12.0 Å². The molecule has 13 heavy (non-hydrogen) atoms. The third kappa shape index (κ3) is 2.41. The Bertz CT molecular complexity index is 335. The highest BCUT2D eigenvalue weighted by molar-refractivity contribution is 7.61. The summed E-state index contributed by atoms with van der Waals surface area (Å²) in [5.41, 5.74) is 1.03. The van der Waals surface area contributed by atoms with E-state index in [9.17, 15) is 9.46 Å². The summed E-state index contributed by atoms with van der Waals surface area (Å²) in [6.07, 6.45) is 0.845. The fourth-order valence-electron chi connectivity index (χ4n) is 1.06. The average Bonchev–Trinajstić information content (AvgIpc) is 2.18. The molecule has 0 saturated heterocycles. The number of rotatable bonds is 3. The first-order valence-electron chi connectivity index (χ1n) is 4.08. The van der Waals surface area contributed by atoms with Gasteiger partial charge in [0.05, 0.1) is 5.30 Å². The highest BCUT2D eigenvalue weighted by Crippen LogP contribution is 2.39. The molecule has 0 heterocycles. The van der Waals surface area contributed by atoms with Gasteiger partial charge in [-0.2, -0.15) is 0 Å². The minimum atomic E-state index is -3.57. The molecule has 1 aromatic rings. The third-order valence-corrected chi connectivity index (χ3v) is 3.32. The summed E-state index contributed by atoms with van der Waals surface area (Å²) in [5.74, 6) is 0. The highest BCUT2D eigenvalue weighted by Gasteiger charge is 2.20. The van der Waals surface area contributed by atoms with Gasteiger partial charge in [0.1, 0.15) is 0 Å². The molecule has 0 aliphatic carbocycles. The molecule has 1 rings (SSSR count). The first-order chi connectivity index (χ1) is 6.10. The lowest BCUT2D eigenvalue weighted by Crippen LogP contribution is -2.06. The first-order valence-corrected chi connectivity index (χ1v) is 5.66. The van der Waals surface area contributed by atoms with Gasteiger partial charge in [-0.3, -0.25) is 4.57 Å². The van der Waals surface area contributed by atoms with Crippen LogP contribution in [0.2, 0.25) is 0 Å². The molecule has 0 fully saturated rings. The Morgan fingerprint density at radius 2 is 2.23 bits per heavy atom. The molecule has 0 aliphatic heterocycles. The standard InChI is InChI=1S/C9H13O3P/c1-3-8-5-4-6-9(7-8)13(10,11)12-2/h4-7H,3H2,1-2H3,(H,10,11). The SMILES string of the molecule is CCc1cccc(P(=O)(O)OC)c1. The summed E-state index contributed by atoms with van der Waals surface area (Å²) in [5, 5.41) is 0.356. The second-order valence-corrected chi connectivity index (χ2v) is 4.65. The van der Waals surface area contributed by atoms with Gasteiger partial charge < -0.3 is 9.42 Å². The largest absolute Gasteiger partial charge is 0.358 e. The van der Waals surface area contributed by atoms with Crippen LogP contribution in [0.15, 0.2) is 24.3 Å². The van der Waals surface area contributed by atoms with Crippen molar-refractivity contribution in [2.75, 3.05) is 7.11 Å². The number of hydrogen-bond donors (Lipinski definition) is 1. The minimum Gasteiger partial charge on any atom is -0.321 e. The van der Waals surface area contributed by atoms with Gasteiger partial charge in [0.2, 0.25) is 0 Å². The van der Waals surface area contributed by atoms with Crippen molar-refractivity contribution in [3.63, 3.8) is 0 Å². The normalized spacial score (nSPS) is 15.3. The molecule has 0 aliphatic rings. The van der Waals surface area contributed by atoms with Crippen LogP contribution < -0.4 is 5.30 Å². The summed E-state index contributed by atoms with van der Waals surface area (Å²) in [7, 11) is -2.33. The van der Waals surface area contributed by atoms with Crippen LogP contribution in [-0.4, -0.2) is 12.0 Å². The minimum absolute atomic E-state index is 0.356. The lowest BCUT2D eigenvalue weighted by molar-refractivity contribution is 0.328. The van der Waals surface area contributed by atoms with Gasteiger partial charge in [0.15, 0.2) is 0 Å². The molecule has 0 saturated carbocycles. The Balaban J connectivity index is 3.09. The van der Waals surface area contributed by atoms with Crippen molar-refractivity contribution >= 4 is 12.9 Å². The maximum absolute atomic E-state index is 11.4. The van der Waals surface area contributed by atoms with Crippen molar-refractivity contribution < 1.29 is 14.0 Å². The molecule has 1 unspecified atom stereocenters. The van der Waals surface area contributed by atoms with Crippen molar-refractivity contribution in [3.8, 4) is 0 Å². The Hall–Kier alpha value is -0.630. The molecule has 1 aromatic carbocycles. The fourth-order valence-corrected chi connectivity index (χ4v) is 1.87. The van der Waals surface area contributed by atoms with Gasteiger partial charge in [0, 0.05) is 7.11 Å². The lowest BCUT2D eigenvalue weighted by Gasteiger charge is -2.09. The molecule has 4 heteroatoms. The van der Waals surface area contributed by atoms with E-state index >= 15 is 0 Å². The van der Waals surface area contributed by atoms with E-state index in [-0.39, 0.29) is 0 Å². The van der Waals surface area contributed by atoms with E-state index < -0.39 is 7.60 Å². The monoisotopic (exact) mass is 200 g/mol. The predicted molar refractivity (Wildman–Crippen MR) is 52.3 cm³/mol. The highest BCUT2D eigenvalue weighted by atomic mass is 31.2. The summed E-state index contributed by atoms with van der Waals surface area (Å²) in [4.78, 5) is 9.35. The Labute approximate surface area is 77.9 Å². The van der Waals surface area contributed by atoms with Crippen LogP contribution in [0.5, 0.6) is 0 Å². The molecular weight excluding hydrogens is 187 g/mol. The van der Waals surface area contributed by atoms with Gasteiger partial charge in [0.25, 0.3) is 0 Å². The molecular formula is C9H13O3P. The summed E-state index contributed by atoms with van der Waals surface area (Å²) >= 11 is 0. The van der Waals surface area contributed by atoms with Crippen molar-refractivity contribution in [3.05, 3.63) is 29.8 Å². The second-order valence-electron chi connectivity index (χ2n) is 2.73. The summed E-state index contributed by atoms with van der Waals surface area (Å²) in [6.45, 7) is 1.99. The molecule has 0 bridgehead atoms. The van der Waals surface area contributed by atoms with Gasteiger partial charge in [-0.1, -0.05) is 19.1 Å². The van der Waals surface area contributed by atoms with E-state index in [1.165, 1.54) is 7.11 Å². The predicted octanol–water partition coefficient (Wildman–Crippen LogP) is 1.71. The van der Waals surface area contributed by atoms with Gasteiger partial charge >= 0.3 is 7.60 Å². The van der Waals surface area contributed by atoms with Crippen molar-refractivity contribution in [1.82, 2.24) is 0 Å². The maximum Gasteiger partial charge on any atom is 0.358 e. The van der Waals surface area contributed by atoms with E-state index in [2.05, 4.69) is 4.52 Å². The van der Waals surface area contributed by atoms with Gasteiger partial charge in [-0.15, -0.1) is 0 Å². The van der Waals surface area contributed by atoms with Crippen molar-refractivity contribution in [1.29, 1.82) is 0 Å². The smallest absolute Gasteiger partial charge is 0.321 e. The van der Waals surface area contributed by atoms with Gasteiger partial charge in [-0.25, -0.2) is 0 Å². The van der Waals surface area contributed by atoms with Crippen molar-refractivity contribution in [2.24, 2.45) is 0 Å². The zero-order valence-electron chi connectivity index (χ0n) is 7.73.